The van der Waals surface area contributed by atoms with Crippen molar-refractivity contribution >= 4 is 23.0 Å². The largest absolute Gasteiger partial charge is 0.395 e. The molecule has 0 aliphatic heterocycles. The zero-order chi connectivity index (χ0) is 10.4. The first-order valence-electron chi connectivity index (χ1n) is 4.13. The zero-order valence-electron chi connectivity index (χ0n) is 7.46. The molecule has 0 saturated heterocycles. The second kappa shape index (κ2) is 5.51. The number of anilines is 1. The van der Waals surface area contributed by atoms with E-state index in [1.54, 1.807) is 12.1 Å². The first-order valence-corrected chi connectivity index (χ1v) is 4.54. The van der Waals surface area contributed by atoms with Gasteiger partial charge in [0.1, 0.15) is 5.82 Å². The van der Waals surface area contributed by atoms with Gasteiger partial charge in [-0.05, 0) is 30.4 Å². The average Bonchev–Trinajstić information content (AvgIpc) is 2.15. The summed E-state index contributed by atoms with van der Waals surface area (Å²) in [4.78, 5) is 0. The number of thiocarbonyl (C=S) groups is 1. The quantitative estimate of drug-likeness (QED) is 0.659. The van der Waals surface area contributed by atoms with Gasteiger partial charge in [0, 0.05) is 12.2 Å². The van der Waals surface area contributed by atoms with Crippen molar-refractivity contribution in [2.75, 3.05) is 18.5 Å². The molecule has 14 heavy (non-hydrogen) atoms. The Morgan fingerprint density at radius 3 is 2.93 bits per heavy atom. The van der Waals surface area contributed by atoms with Crippen LogP contribution in [-0.2, 0) is 0 Å². The van der Waals surface area contributed by atoms with Gasteiger partial charge in [0.05, 0.1) is 6.61 Å². The molecule has 3 nitrogen and oxygen atoms in total. The van der Waals surface area contributed by atoms with Gasteiger partial charge >= 0.3 is 0 Å². The molecule has 0 amide bonds. The monoisotopic (exact) mass is 214 g/mol. The van der Waals surface area contributed by atoms with E-state index in [1.807, 2.05) is 0 Å². The summed E-state index contributed by atoms with van der Waals surface area (Å²) in [5.74, 6) is -0.319. The highest BCUT2D eigenvalue weighted by atomic mass is 32.1. The van der Waals surface area contributed by atoms with E-state index < -0.39 is 0 Å². The van der Waals surface area contributed by atoms with Crippen LogP contribution in [0.25, 0.3) is 0 Å². The van der Waals surface area contributed by atoms with Crippen LogP contribution in [-0.4, -0.2) is 23.4 Å². The summed E-state index contributed by atoms with van der Waals surface area (Å²) in [5.41, 5.74) is 0.584. The summed E-state index contributed by atoms with van der Waals surface area (Å²) in [6, 6.07) is 5.99. The van der Waals surface area contributed by atoms with Gasteiger partial charge in [0.2, 0.25) is 0 Å². The van der Waals surface area contributed by atoms with Gasteiger partial charge in [0.15, 0.2) is 5.11 Å². The number of hydrogen-bond acceptors (Lipinski definition) is 2. The highest BCUT2D eigenvalue weighted by molar-refractivity contribution is 7.80. The third-order valence-electron chi connectivity index (χ3n) is 1.48. The molecule has 0 atom stereocenters. The maximum Gasteiger partial charge on any atom is 0.170 e. The van der Waals surface area contributed by atoms with Gasteiger partial charge in [0.25, 0.3) is 0 Å². The zero-order valence-corrected chi connectivity index (χ0v) is 8.27. The lowest BCUT2D eigenvalue weighted by Gasteiger charge is -2.08. The SMILES string of the molecule is OCCNC(=S)Nc1cccc(F)c1. The van der Waals surface area contributed by atoms with Gasteiger partial charge in [-0.3, -0.25) is 0 Å². The fraction of sp³-hybridized carbons (Fsp3) is 0.222. The number of rotatable bonds is 3. The Morgan fingerprint density at radius 1 is 1.50 bits per heavy atom. The van der Waals surface area contributed by atoms with Crippen molar-refractivity contribution in [3.05, 3.63) is 30.1 Å². The standard InChI is InChI=1S/C9H11FN2OS/c10-7-2-1-3-8(6-7)12-9(14)11-4-5-13/h1-3,6,13H,4-5H2,(H2,11,12,14). The Labute approximate surface area is 86.9 Å². The molecule has 1 rings (SSSR count). The molecule has 0 aromatic heterocycles. The molecule has 0 spiro atoms. The fourth-order valence-electron chi connectivity index (χ4n) is 0.911. The van der Waals surface area contributed by atoms with Crippen molar-refractivity contribution in [1.82, 2.24) is 5.32 Å². The van der Waals surface area contributed by atoms with Crippen LogP contribution in [0.15, 0.2) is 24.3 Å². The molecular weight excluding hydrogens is 203 g/mol. The third kappa shape index (κ3) is 3.68. The molecular formula is C9H11FN2OS. The van der Waals surface area contributed by atoms with Gasteiger partial charge in [-0.1, -0.05) is 6.07 Å². The molecule has 0 heterocycles. The van der Waals surface area contributed by atoms with E-state index >= 15 is 0 Å². The van der Waals surface area contributed by atoms with Crippen LogP contribution in [0.2, 0.25) is 0 Å². The molecule has 1 aromatic carbocycles. The van der Waals surface area contributed by atoms with Crippen molar-refractivity contribution in [2.45, 2.75) is 0 Å². The second-order valence-electron chi connectivity index (χ2n) is 2.61. The third-order valence-corrected chi connectivity index (χ3v) is 1.73. The lowest BCUT2D eigenvalue weighted by Crippen LogP contribution is -2.30. The predicted molar refractivity (Wildman–Crippen MR) is 57.7 cm³/mol. The lowest BCUT2D eigenvalue weighted by molar-refractivity contribution is 0.301. The van der Waals surface area contributed by atoms with E-state index in [9.17, 15) is 4.39 Å². The van der Waals surface area contributed by atoms with Crippen LogP contribution in [0.1, 0.15) is 0 Å². The number of benzene rings is 1. The molecule has 0 aliphatic carbocycles. The Balaban J connectivity index is 2.47. The van der Waals surface area contributed by atoms with Gasteiger partial charge in [-0.2, -0.15) is 0 Å². The van der Waals surface area contributed by atoms with Crippen LogP contribution >= 0.6 is 12.2 Å². The molecule has 3 N–H and O–H groups in total. The van der Waals surface area contributed by atoms with E-state index in [1.165, 1.54) is 12.1 Å². The maximum absolute atomic E-state index is 12.7. The van der Waals surface area contributed by atoms with Crippen LogP contribution in [0.4, 0.5) is 10.1 Å². The minimum Gasteiger partial charge on any atom is -0.395 e. The first-order chi connectivity index (χ1) is 6.72. The molecule has 76 valence electrons. The summed E-state index contributed by atoms with van der Waals surface area (Å²) in [6.45, 7) is 0.381. The summed E-state index contributed by atoms with van der Waals surface area (Å²) in [7, 11) is 0. The highest BCUT2D eigenvalue weighted by Crippen LogP contribution is 2.08. The molecule has 0 aliphatic rings. The minimum atomic E-state index is -0.319. The molecule has 1 aromatic rings. The molecule has 0 radical (unpaired) electrons. The van der Waals surface area contributed by atoms with Crippen molar-refractivity contribution in [2.24, 2.45) is 0 Å². The van der Waals surface area contributed by atoms with E-state index in [0.717, 1.165) is 0 Å². The molecule has 0 saturated carbocycles. The number of aliphatic hydroxyl groups is 1. The summed E-state index contributed by atoms with van der Waals surface area (Å²) in [6.07, 6.45) is 0. The second-order valence-corrected chi connectivity index (χ2v) is 3.02. The molecule has 0 unspecified atom stereocenters. The number of aliphatic hydroxyl groups excluding tert-OH is 1. The normalized spacial score (nSPS) is 9.57. The number of halogens is 1. The van der Waals surface area contributed by atoms with Crippen LogP contribution in [0.5, 0.6) is 0 Å². The van der Waals surface area contributed by atoms with Crippen LogP contribution < -0.4 is 10.6 Å². The molecule has 5 heteroatoms. The topological polar surface area (TPSA) is 44.3 Å². The Morgan fingerprint density at radius 2 is 2.29 bits per heavy atom. The summed E-state index contributed by atoms with van der Waals surface area (Å²) < 4.78 is 12.7. The van der Waals surface area contributed by atoms with Crippen molar-refractivity contribution in [3.63, 3.8) is 0 Å². The lowest BCUT2D eigenvalue weighted by atomic mass is 10.3. The van der Waals surface area contributed by atoms with E-state index in [0.29, 0.717) is 17.3 Å². The van der Waals surface area contributed by atoms with Crippen LogP contribution in [0.3, 0.4) is 0 Å². The average molecular weight is 214 g/mol. The minimum absolute atomic E-state index is 0.00493. The Hall–Kier alpha value is -1.20. The Bertz CT molecular complexity index is 319. The predicted octanol–water partition coefficient (Wildman–Crippen LogP) is 1.10. The van der Waals surface area contributed by atoms with Crippen molar-refractivity contribution in [3.8, 4) is 0 Å². The summed E-state index contributed by atoms with van der Waals surface area (Å²) >= 11 is 4.89. The smallest absolute Gasteiger partial charge is 0.170 e. The molecule has 0 fully saturated rings. The van der Waals surface area contributed by atoms with Gasteiger partial charge < -0.3 is 15.7 Å². The Kier molecular flexibility index (Phi) is 4.28. The van der Waals surface area contributed by atoms with Gasteiger partial charge in [-0.25, -0.2) is 4.39 Å². The van der Waals surface area contributed by atoms with Gasteiger partial charge in [-0.15, -0.1) is 0 Å². The van der Waals surface area contributed by atoms with E-state index in [2.05, 4.69) is 10.6 Å². The maximum atomic E-state index is 12.7. The number of hydrogen-bond donors (Lipinski definition) is 3. The highest BCUT2D eigenvalue weighted by Gasteiger charge is 1.97. The first kappa shape index (κ1) is 10.9. The fourth-order valence-corrected chi connectivity index (χ4v) is 1.13. The van der Waals surface area contributed by atoms with E-state index in [4.69, 9.17) is 17.3 Å². The number of nitrogens with one attached hydrogen (secondary N) is 2. The van der Waals surface area contributed by atoms with Crippen molar-refractivity contribution in [1.29, 1.82) is 0 Å². The molecule has 0 bridgehead atoms. The van der Waals surface area contributed by atoms with E-state index in [-0.39, 0.29) is 12.4 Å². The summed E-state index contributed by atoms with van der Waals surface area (Å²) in [5, 5.41) is 14.4. The van der Waals surface area contributed by atoms with Crippen molar-refractivity contribution < 1.29 is 9.50 Å². The van der Waals surface area contributed by atoms with Crippen LogP contribution in [0, 0.1) is 5.82 Å².